The smallest absolute Gasteiger partial charge is 0.272 e. The minimum atomic E-state index is -0.137. The van der Waals surface area contributed by atoms with Gasteiger partial charge in [0.05, 0.1) is 27.0 Å². The number of rotatable bonds is 6. The zero-order valence-electron chi connectivity index (χ0n) is 19.0. The van der Waals surface area contributed by atoms with Gasteiger partial charge in [-0.3, -0.25) is 14.7 Å². The van der Waals surface area contributed by atoms with E-state index >= 15 is 0 Å². The van der Waals surface area contributed by atoms with Crippen LogP contribution in [0.5, 0.6) is 17.2 Å². The molecule has 0 saturated carbocycles. The maximum Gasteiger partial charge on any atom is 0.272 e. The molecule has 32 heavy (non-hydrogen) atoms. The molecule has 170 valence electrons. The van der Waals surface area contributed by atoms with Crippen LogP contribution in [-0.2, 0) is 6.42 Å². The number of aromatic nitrogens is 3. The molecular formula is C23H28N4O5. The highest BCUT2D eigenvalue weighted by molar-refractivity contribution is 5.96. The Bertz CT molecular complexity index is 1200. The van der Waals surface area contributed by atoms with Crippen molar-refractivity contribution in [1.29, 1.82) is 0 Å². The quantitative estimate of drug-likeness (QED) is 0.633. The molecule has 0 aliphatic carbocycles. The molecule has 9 heteroatoms. The van der Waals surface area contributed by atoms with E-state index in [2.05, 4.69) is 5.10 Å². The van der Waals surface area contributed by atoms with Gasteiger partial charge in [0.15, 0.2) is 17.1 Å². The number of fused-ring (bicyclic) bond motifs is 1. The topological polar surface area (TPSA) is 98.2 Å². The van der Waals surface area contributed by atoms with Crippen LogP contribution < -0.4 is 19.8 Å². The van der Waals surface area contributed by atoms with Gasteiger partial charge >= 0.3 is 0 Å². The summed E-state index contributed by atoms with van der Waals surface area (Å²) in [6.45, 7) is 5.05. The largest absolute Gasteiger partial charge is 0.493 e. The summed E-state index contributed by atoms with van der Waals surface area (Å²) >= 11 is 0. The van der Waals surface area contributed by atoms with Crippen LogP contribution >= 0.6 is 0 Å². The Hall–Kier alpha value is -3.49. The van der Waals surface area contributed by atoms with Crippen molar-refractivity contribution >= 4 is 11.6 Å². The van der Waals surface area contributed by atoms with E-state index in [1.165, 1.54) is 25.8 Å². The molecule has 1 unspecified atom stereocenters. The number of methoxy groups -OCH3 is 3. The fraction of sp³-hybridized carbons (Fsp3) is 0.435. The van der Waals surface area contributed by atoms with Gasteiger partial charge in [-0.15, -0.1) is 0 Å². The Morgan fingerprint density at radius 3 is 2.44 bits per heavy atom. The zero-order chi connectivity index (χ0) is 23.0. The highest BCUT2D eigenvalue weighted by atomic mass is 16.5. The van der Waals surface area contributed by atoms with E-state index in [4.69, 9.17) is 19.2 Å². The monoisotopic (exact) mass is 440 g/mol. The first kappa shape index (κ1) is 21.7. The summed E-state index contributed by atoms with van der Waals surface area (Å²) in [6, 6.07) is 4.88. The molecule has 0 spiro atoms. The van der Waals surface area contributed by atoms with Crippen molar-refractivity contribution in [3.8, 4) is 17.2 Å². The van der Waals surface area contributed by atoms with Crippen LogP contribution in [0.4, 0.5) is 0 Å². The molecule has 1 aromatic carbocycles. The van der Waals surface area contributed by atoms with Crippen molar-refractivity contribution in [2.45, 2.75) is 32.6 Å². The Kier molecular flexibility index (Phi) is 5.82. The van der Waals surface area contributed by atoms with Gasteiger partial charge < -0.3 is 19.1 Å². The van der Waals surface area contributed by atoms with Crippen molar-refractivity contribution in [1.82, 2.24) is 19.5 Å². The van der Waals surface area contributed by atoms with E-state index in [1.807, 2.05) is 13.8 Å². The predicted molar refractivity (Wildman–Crippen MR) is 119 cm³/mol. The number of H-pyrrole nitrogens is 1. The normalized spacial score (nSPS) is 15.9. The fourth-order valence-electron chi connectivity index (χ4n) is 4.42. The lowest BCUT2D eigenvalue weighted by atomic mass is 10.0. The lowest BCUT2D eigenvalue weighted by molar-refractivity contribution is 0.0789. The molecule has 1 atom stereocenters. The first-order chi connectivity index (χ1) is 15.4. The molecule has 1 fully saturated rings. The van der Waals surface area contributed by atoms with Gasteiger partial charge in [0, 0.05) is 41.9 Å². The van der Waals surface area contributed by atoms with Crippen LogP contribution in [-0.4, -0.2) is 59.8 Å². The van der Waals surface area contributed by atoms with Crippen LogP contribution in [0.1, 0.15) is 46.6 Å². The summed E-state index contributed by atoms with van der Waals surface area (Å²) in [5.74, 6) is 1.18. The number of carbonyl (C=O) groups is 1. The van der Waals surface area contributed by atoms with E-state index in [1.54, 1.807) is 23.1 Å². The number of hydrogen-bond donors (Lipinski definition) is 1. The van der Waals surface area contributed by atoms with Crippen LogP contribution in [0.25, 0.3) is 5.65 Å². The second kappa shape index (κ2) is 8.57. The zero-order valence-corrected chi connectivity index (χ0v) is 19.0. The SMILES string of the molecule is CCc1c(C)[nH]n2c(=O)cc(C3CCN(C(=O)c4cc(OC)c(OC)c(OC)c4)C3)nc12. The summed E-state index contributed by atoms with van der Waals surface area (Å²) < 4.78 is 17.6. The molecule has 3 aromatic rings. The first-order valence-electron chi connectivity index (χ1n) is 10.6. The maximum absolute atomic E-state index is 13.2. The van der Waals surface area contributed by atoms with E-state index in [0.717, 1.165) is 29.8 Å². The second-order valence-electron chi connectivity index (χ2n) is 7.90. The number of benzene rings is 1. The highest BCUT2D eigenvalue weighted by Crippen LogP contribution is 2.39. The molecule has 2 aromatic heterocycles. The van der Waals surface area contributed by atoms with Gasteiger partial charge in [-0.2, -0.15) is 0 Å². The Morgan fingerprint density at radius 2 is 1.84 bits per heavy atom. The lowest BCUT2D eigenvalue weighted by Gasteiger charge is -2.19. The van der Waals surface area contributed by atoms with Crippen molar-refractivity contribution in [3.63, 3.8) is 0 Å². The van der Waals surface area contributed by atoms with E-state index in [9.17, 15) is 9.59 Å². The van der Waals surface area contributed by atoms with Crippen molar-refractivity contribution < 1.29 is 19.0 Å². The predicted octanol–water partition coefficient (Wildman–Crippen LogP) is 2.55. The molecule has 1 saturated heterocycles. The van der Waals surface area contributed by atoms with Crippen LogP contribution in [0, 0.1) is 6.92 Å². The van der Waals surface area contributed by atoms with Crippen molar-refractivity contribution in [3.05, 3.63) is 51.1 Å². The molecule has 0 radical (unpaired) electrons. The van der Waals surface area contributed by atoms with Gasteiger partial charge in [-0.1, -0.05) is 6.92 Å². The third-order valence-corrected chi connectivity index (χ3v) is 6.10. The van der Waals surface area contributed by atoms with Gasteiger partial charge in [-0.25, -0.2) is 9.50 Å². The van der Waals surface area contributed by atoms with E-state index in [-0.39, 0.29) is 17.4 Å². The molecule has 1 N–H and O–H groups in total. The van der Waals surface area contributed by atoms with Crippen LogP contribution in [0.2, 0.25) is 0 Å². The lowest BCUT2D eigenvalue weighted by Crippen LogP contribution is -2.29. The van der Waals surface area contributed by atoms with Gasteiger partial charge in [0.2, 0.25) is 5.75 Å². The average Bonchev–Trinajstić information content (AvgIpc) is 3.42. The molecule has 1 amide bonds. The number of likely N-dealkylation sites (tertiary alicyclic amines) is 1. The number of aryl methyl sites for hydroxylation is 2. The van der Waals surface area contributed by atoms with Gasteiger partial charge in [0.25, 0.3) is 11.5 Å². The van der Waals surface area contributed by atoms with Gasteiger partial charge in [-0.05, 0) is 31.9 Å². The van der Waals surface area contributed by atoms with Gasteiger partial charge in [0.1, 0.15) is 0 Å². The second-order valence-corrected chi connectivity index (χ2v) is 7.90. The number of hydrogen-bond acceptors (Lipinski definition) is 6. The molecule has 3 heterocycles. The minimum absolute atomic E-state index is 0.00129. The summed E-state index contributed by atoms with van der Waals surface area (Å²) in [5, 5.41) is 3.09. The van der Waals surface area contributed by atoms with E-state index in [0.29, 0.717) is 41.5 Å². The maximum atomic E-state index is 13.2. The molecule has 1 aliphatic heterocycles. The third kappa shape index (κ3) is 3.57. The van der Waals surface area contributed by atoms with Crippen molar-refractivity contribution in [2.75, 3.05) is 34.4 Å². The Labute approximate surface area is 185 Å². The molecule has 0 bridgehead atoms. The standard InChI is InChI=1S/C23H28N4O5/c1-6-16-13(2)25-27-20(28)11-17(24-22(16)27)14-7-8-26(12-14)23(29)15-9-18(30-3)21(32-5)19(10-15)31-4/h9-11,14,25H,6-8,12H2,1-5H3. The van der Waals surface area contributed by atoms with Crippen LogP contribution in [0.15, 0.2) is 23.0 Å². The average molecular weight is 441 g/mol. The molecule has 1 aliphatic rings. The molecule has 4 rings (SSSR count). The fourth-order valence-corrected chi connectivity index (χ4v) is 4.42. The summed E-state index contributed by atoms with van der Waals surface area (Å²) in [5.41, 5.74) is 3.69. The highest BCUT2D eigenvalue weighted by Gasteiger charge is 2.31. The Balaban J connectivity index is 1.61. The third-order valence-electron chi connectivity index (χ3n) is 6.10. The van der Waals surface area contributed by atoms with Crippen LogP contribution in [0.3, 0.4) is 0 Å². The number of ether oxygens (including phenoxy) is 3. The number of aromatic amines is 1. The number of amides is 1. The number of nitrogens with zero attached hydrogens (tertiary/aromatic N) is 3. The molecular weight excluding hydrogens is 412 g/mol. The minimum Gasteiger partial charge on any atom is -0.493 e. The summed E-state index contributed by atoms with van der Waals surface area (Å²) in [6.07, 6.45) is 1.52. The summed E-state index contributed by atoms with van der Waals surface area (Å²) in [4.78, 5) is 32.4. The summed E-state index contributed by atoms with van der Waals surface area (Å²) in [7, 11) is 4.56. The van der Waals surface area contributed by atoms with Crippen molar-refractivity contribution in [2.24, 2.45) is 0 Å². The Morgan fingerprint density at radius 1 is 1.16 bits per heavy atom. The number of carbonyl (C=O) groups excluding carboxylic acids is 1. The first-order valence-corrected chi connectivity index (χ1v) is 10.6. The number of nitrogens with one attached hydrogen (secondary N) is 1. The van der Waals surface area contributed by atoms with E-state index < -0.39 is 0 Å². The molecule has 9 nitrogen and oxygen atoms in total.